The summed E-state index contributed by atoms with van der Waals surface area (Å²) in [5, 5.41) is 9.29. The topological polar surface area (TPSA) is 25.8 Å². The van der Waals surface area contributed by atoms with Gasteiger partial charge in [-0.2, -0.15) is 10.2 Å². The SMILES string of the molecule is CCCCCC1CCC(c2ccc(-c3ccc(C4CCC(CCC)CC4)cc3)nn2)CC1. The molecule has 2 saturated carbocycles. The number of nitrogens with zero attached hydrogens (tertiary/aromatic N) is 2. The third kappa shape index (κ3) is 6.21. The van der Waals surface area contributed by atoms with Crippen LogP contribution in [-0.4, -0.2) is 10.2 Å². The summed E-state index contributed by atoms with van der Waals surface area (Å²) in [7, 11) is 0. The van der Waals surface area contributed by atoms with Crippen molar-refractivity contribution in [3.63, 3.8) is 0 Å². The second-order valence-electron chi connectivity index (χ2n) is 10.7. The minimum Gasteiger partial charge on any atom is -0.155 e. The quantitative estimate of drug-likeness (QED) is 0.369. The minimum atomic E-state index is 0.615. The maximum atomic E-state index is 4.67. The lowest BCUT2D eigenvalue weighted by molar-refractivity contribution is 0.299. The number of hydrogen-bond acceptors (Lipinski definition) is 2. The molecule has 2 nitrogen and oxygen atoms in total. The molecule has 2 heteroatoms. The van der Waals surface area contributed by atoms with E-state index >= 15 is 0 Å². The lowest BCUT2D eigenvalue weighted by Gasteiger charge is -2.28. The van der Waals surface area contributed by atoms with Crippen LogP contribution in [0.15, 0.2) is 36.4 Å². The zero-order valence-electron chi connectivity index (χ0n) is 20.6. The van der Waals surface area contributed by atoms with Gasteiger partial charge in [-0.3, -0.25) is 0 Å². The van der Waals surface area contributed by atoms with Gasteiger partial charge in [-0.05, 0) is 86.8 Å². The molecule has 0 bridgehead atoms. The lowest BCUT2D eigenvalue weighted by Crippen LogP contribution is -2.14. The van der Waals surface area contributed by atoms with Crippen LogP contribution in [0.3, 0.4) is 0 Å². The Morgan fingerprint density at radius 1 is 0.625 bits per heavy atom. The van der Waals surface area contributed by atoms with Crippen LogP contribution < -0.4 is 0 Å². The van der Waals surface area contributed by atoms with E-state index in [1.807, 2.05) is 0 Å². The van der Waals surface area contributed by atoms with Gasteiger partial charge in [-0.15, -0.1) is 0 Å². The Hall–Kier alpha value is -1.70. The first kappa shape index (κ1) is 23.5. The molecule has 0 amide bonds. The maximum absolute atomic E-state index is 4.67. The van der Waals surface area contributed by atoms with E-state index in [-0.39, 0.29) is 0 Å². The number of aromatic nitrogens is 2. The highest BCUT2D eigenvalue weighted by atomic mass is 15.1. The van der Waals surface area contributed by atoms with Gasteiger partial charge in [0.2, 0.25) is 0 Å². The van der Waals surface area contributed by atoms with Crippen LogP contribution in [0.5, 0.6) is 0 Å². The summed E-state index contributed by atoms with van der Waals surface area (Å²) in [6.45, 7) is 4.62. The van der Waals surface area contributed by atoms with E-state index in [0.717, 1.165) is 23.4 Å². The molecular weight excluding hydrogens is 388 g/mol. The van der Waals surface area contributed by atoms with E-state index < -0.39 is 0 Å². The first-order valence-corrected chi connectivity index (χ1v) is 13.7. The first-order valence-electron chi connectivity index (χ1n) is 13.7. The van der Waals surface area contributed by atoms with Crippen LogP contribution in [0.1, 0.15) is 127 Å². The zero-order valence-corrected chi connectivity index (χ0v) is 20.6. The molecule has 2 aliphatic rings. The van der Waals surface area contributed by atoms with Crippen molar-refractivity contribution in [1.29, 1.82) is 0 Å². The Bertz CT molecular complexity index is 779. The molecule has 0 saturated heterocycles. The summed E-state index contributed by atoms with van der Waals surface area (Å²) in [5.74, 6) is 3.29. The highest BCUT2D eigenvalue weighted by Gasteiger charge is 2.24. The molecule has 2 aliphatic carbocycles. The van der Waals surface area contributed by atoms with Gasteiger partial charge < -0.3 is 0 Å². The predicted octanol–water partition coefficient (Wildman–Crippen LogP) is 9.07. The smallest absolute Gasteiger partial charge is 0.0929 e. The van der Waals surface area contributed by atoms with Crippen molar-refractivity contribution in [1.82, 2.24) is 10.2 Å². The van der Waals surface area contributed by atoms with Crippen LogP contribution in [0.2, 0.25) is 0 Å². The van der Waals surface area contributed by atoms with Gasteiger partial charge in [0.05, 0.1) is 11.4 Å². The van der Waals surface area contributed by atoms with Crippen LogP contribution in [-0.2, 0) is 0 Å². The van der Waals surface area contributed by atoms with Crippen LogP contribution in [0.4, 0.5) is 0 Å². The second kappa shape index (κ2) is 12.0. The van der Waals surface area contributed by atoms with Gasteiger partial charge >= 0.3 is 0 Å². The molecule has 0 atom stereocenters. The van der Waals surface area contributed by atoms with E-state index in [1.165, 1.54) is 107 Å². The van der Waals surface area contributed by atoms with Crippen molar-refractivity contribution in [2.45, 2.75) is 116 Å². The number of rotatable bonds is 9. The van der Waals surface area contributed by atoms with Crippen LogP contribution in [0.25, 0.3) is 11.3 Å². The van der Waals surface area contributed by atoms with Crippen LogP contribution in [0, 0.1) is 11.8 Å². The van der Waals surface area contributed by atoms with E-state index in [9.17, 15) is 0 Å². The normalized spacial score (nSPS) is 26.2. The Balaban J connectivity index is 1.29. The lowest BCUT2D eigenvalue weighted by atomic mass is 9.77. The molecule has 0 N–H and O–H groups in total. The van der Waals surface area contributed by atoms with Crippen molar-refractivity contribution < 1.29 is 0 Å². The number of hydrogen-bond donors (Lipinski definition) is 0. The Labute approximate surface area is 196 Å². The summed E-state index contributed by atoms with van der Waals surface area (Å²) < 4.78 is 0. The zero-order chi connectivity index (χ0) is 22.2. The van der Waals surface area contributed by atoms with Crippen molar-refractivity contribution in [3.05, 3.63) is 47.7 Å². The van der Waals surface area contributed by atoms with E-state index in [1.54, 1.807) is 0 Å². The van der Waals surface area contributed by atoms with Crippen molar-refractivity contribution in [2.75, 3.05) is 0 Å². The summed E-state index contributed by atoms with van der Waals surface area (Å²) >= 11 is 0. The van der Waals surface area contributed by atoms with E-state index in [4.69, 9.17) is 0 Å². The van der Waals surface area contributed by atoms with Gasteiger partial charge in [0.15, 0.2) is 0 Å². The molecule has 1 aromatic carbocycles. The van der Waals surface area contributed by atoms with Gasteiger partial charge in [0.25, 0.3) is 0 Å². The molecule has 0 aliphatic heterocycles. The molecule has 4 rings (SSSR count). The van der Waals surface area contributed by atoms with E-state index in [0.29, 0.717) is 5.92 Å². The first-order chi connectivity index (χ1) is 15.8. The van der Waals surface area contributed by atoms with Crippen LogP contribution >= 0.6 is 0 Å². The standard InChI is InChI=1S/C30H44N2/c1-3-5-6-8-24-11-15-27(16-12-24)29-21-22-30(32-31-29)28-19-17-26(18-20-28)25-13-9-23(7-4-2)10-14-25/h17-25,27H,3-16H2,1-2H3. The molecule has 0 spiro atoms. The Morgan fingerprint density at radius 2 is 1.28 bits per heavy atom. The van der Waals surface area contributed by atoms with Gasteiger partial charge in [0, 0.05) is 11.5 Å². The Kier molecular flexibility index (Phi) is 8.77. The average molecular weight is 433 g/mol. The fourth-order valence-corrected chi connectivity index (χ4v) is 6.26. The van der Waals surface area contributed by atoms with Crippen molar-refractivity contribution >= 4 is 0 Å². The van der Waals surface area contributed by atoms with Gasteiger partial charge in [-0.1, -0.05) is 76.6 Å². The molecule has 1 heterocycles. The summed E-state index contributed by atoms with van der Waals surface area (Å²) in [6, 6.07) is 13.6. The van der Waals surface area contributed by atoms with Crippen molar-refractivity contribution in [2.24, 2.45) is 11.8 Å². The second-order valence-corrected chi connectivity index (χ2v) is 10.7. The highest BCUT2D eigenvalue weighted by Crippen LogP contribution is 2.39. The fraction of sp³-hybridized carbons (Fsp3) is 0.667. The summed E-state index contributed by atoms with van der Waals surface area (Å²) in [5.41, 5.74) is 4.94. The molecule has 2 fully saturated rings. The molecule has 2 aromatic rings. The average Bonchev–Trinajstić information content (AvgIpc) is 2.86. The minimum absolute atomic E-state index is 0.615. The summed E-state index contributed by atoms with van der Waals surface area (Å²) in [6.07, 6.45) is 19.2. The molecule has 0 radical (unpaired) electrons. The number of benzene rings is 1. The maximum Gasteiger partial charge on any atom is 0.0929 e. The van der Waals surface area contributed by atoms with E-state index in [2.05, 4.69) is 60.4 Å². The largest absolute Gasteiger partial charge is 0.155 e. The van der Waals surface area contributed by atoms with Gasteiger partial charge in [0.1, 0.15) is 0 Å². The highest BCUT2D eigenvalue weighted by molar-refractivity contribution is 5.59. The molecule has 1 aromatic heterocycles. The Morgan fingerprint density at radius 3 is 1.88 bits per heavy atom. The molecule has 0 unspecified atom stereocenters. The summed E-state index contributed by atoms with van der Waals surface area (Å²) in [4.78, 5) is 0. The number of unbranched alkanes of at least 4 members (excludes halogenated alkanes) is 2. The molecule has 174 valence electrons. The van der Waals surface area contributed by atoms with Crippen molar-refractivity contribution in [3.8, 4) is 11.3 Å². The van der Waals surface area contributed by atoms with Gasteiger partial charge in [-0.25, -0.2) is 0 Å². The monoisotopic (exact) mass is 432 g/mol. The fourth-order valence-electron chi connectivity index (χ4n) is 6.26. The third-order valence-electron chi connectivity index (χ3n) is 8.39. The predicted molar refractivity (Wildman–Crippen MR) is 136 cm³/mol. The molecule has 32 heavy (non-hydrogen) atoms. The third-order valence-corrected chi connectivity index (χ3v) is 8.39. The molecular formula is C30H44N2.